The van der Waals surface area contributed by atoms with Crippen molar-refractivity contribution in [2.45, 2.75) is 32.9 Å². The summed E-state index contributed by atoms with van der Waals surface area (Å²) < 4.78 is 25.5. The fourth-order valence-electron chi connectivity index (χ4n) is 4.41. The average Bonchev–Trinajstić information content (AvgIpc) is 3.31. The van der Waals surface area contributed by atoms with Crippen molar-refractivity contribution in [1.82, 2.24) is 19.6 Å². The minimum absolute atomic E-state index is 0.0280. The van der Waals surface area contributed by atoms with Crippen LogP contribution in [0.1, 0.15) is 50.1 Å². The molecule has 170 valence electrons. The van der Waals surface area contributed by atoms with Gasteiger partial charge in [0.15, 0.2) is 9.84 Å². The van der Waals surface area contributed by atoms with Crippen molar-refractivity contribution in [2.24, 2.45) is 0 Å². The third kappa shape index (κ3) is 3.69. The van der Waals surface area contributed by atoms with Gasteiger partial charge in [0.2, 0.25) is 0 Å². The van der Waals surface area contributed by atoms with Crippen LogP contribution in [0.2, 0.25) is 0 Å². The zero-order chi connectivity index (χ0) is 23.4. The largest absolute Gasteiger partial charge is 0.284 e. The van der Waals surface area contributed by atoms with Gasteiger partial charge in [-0.2, -0.15) is 5.10 Å². The van der Waals surface area contributed by atoms with E-state index >= 15 is 0 Å². The number of hydrogen-bond acceptors (Lipinski definition) is 8. The number of aryl methyl sites for hydroxylation is 1. The molecule has 0 saturated carbocycles. The number of carbonyl (C=O) groups is 2. The van der Waals surface area contributed by atoms with Gasteiger partial charge in [0.05, 0.1) is 40.4 Å². The maximum absolute atomic E-state index is 12.8. The molecule has 0 bridgehead atoms. The number of imide groups is 1. The van der Waals surface area contributed by atoms with Gasteiger partial charge in [-0.15, -0.1) is 0 Å². The summed E-state index contributed by atoms with van der Waals surface area (Å²) in [7, 11) is -1.32. The molecule has 32 heavy (non-hydrogen) atoms. The summed E-state index contributed by atoms with van der Waals surface area (Å²) in [6, 6.07) is 3.81. The number of carbonyl (C=O) groups excluding carboxylic acids is 2. The molecule has 0 aliphatic carbocycles. The van der Waals surface area contributed by atoms with Crippen molar-refractivity contribution < 1.29 is 22.9 Å². The van der Waals surface area contributed by atoms with E-state index in [1.807, 2.05) is 13.8 Å². The highest BCUT2D eigenvalue weighted by Gasteiger charge is 2.41. The maximum Gasteiger partial charge on any atom is 0.282 e. The molecule has 2 aliphatic heterocycles. The van der Waals surface area contributed by atoms with Crippen molar-refractivity contribution in [2.75, 3.05) is 25.2 Å². The summed E-state index contributed by atoms with van der Waals surface area (Å²) in [5.74, 6) is -1.04. The van der Waals surface area contributed by atoms with Gasteiger partial charge in [0, 0.05) is 23.9 Å². The van der Waals surface area contributed by atoms with Gasteiger partial charge < -0.3 is 0 Å². The molecule has 12 heteroatoms. The van der Waals surface area contributed by atoms with Gasteiger partial charge in [-0.05, 0) is 33.4 Å². The predicted octanol–water partition coefficient (Wildman–Crippen LogP) is 1.45. The standard InChI is InChI=1S/C20H23N5O6S/c1-12-16(13(2)24(21-12)14-7-8-32(30,31)10-14)9-22(3)11-23-19(26)15-5-4-6-17(25(28)29)18(15)20(23)27/h4-6,14H,7-11H2,1-3H3. The number of hydrogen-bond donors (Lipinski definition) is 0. The van der Waals surface area contributed by atoms with E-state index in [4.69, 9.17) is 0 Å². The SMILES string of the molecule is Cc1nn(C2CCS(=O)(=O)C2)c(C)c1CN(C)CN1C(=O)c2cccc([N+](=O)[O-])c2C1=O. The van der Waals surface area contributed by atoms with Gasteiger partial charge in [0.1, 0.15) is 5.56 Å². The number of rotatable bonds is 6. The van der Waals surface area contributed by atoms with Crippen LogP contribution in [0.5, 0.6) is 0 Å². The Morgan fingerprint density at radius 2 is 1.97 bits per heavy atom. The minimum atomic E-state index is -3.05. The van der Waals surface area contributed by atoms with E-state index in [9.17, 15) is 28.1 Å². The number of benzene rings is 1. The van der Waals surface area contributed by atoms with Crippen LogP contribution >= 0.6 is 0 Å². The topological polar surface area (TPSA) is 136 Å². The monoisotopic (exact) mass is 461 g/mol. The van der Waals surface area contributed by atoms with Crippen LogP contribution in [0, 0.1) is 24.0 Å². The van der Waals surface area contributed by atoms with Gasteiger partial charge >= 0.3 is 0 Å². The minimum Gasteiger partial charge on any atom is -0.284 e. The molecule has 3 heterocycles. The lowest BCUT2D eigenvalue weighted by Gasteiger charge is -2.23. The Labute approximate surface area is 184 Å². The molecular weight excluding hydrogens is 438 g/mol. The molecule has 0 spiro atoms. The van der Waals surface area contributed by atoms with Gasteiger partial charge in [-0.3, -0.25) is 34.2 Å². The van der Waals surface area contributed by atoms with Crippen LogP contribution < -0.4 is 0 Å². The lowest BCUT2D eigenvalue weighted by Crippen LogP contribution is -2.39. The van der Waals surface area contributed by atoms with Crippen LogP contribution in [-0.4, -0.2) is 70.0 Å². The molecule has 1 saturated heterocycles. The summed E-state index contributed by atoms with van der Waals surface area (Å²) in [6.07, 6.45) is 0.521. The Balaban J connectivity index is 1.52. The van der Waals surface area contributed by atoms with Crippen molar-refractivity contribution >= 4 is 27.3 Å². The van der Waals surface area contributed by atoms with Crippen LogP contribution in [-0.2, 0) is 16.4 Å². The van der Waals surface area contributed by atoms with Gasteiger partial charge in [-0.25, -0.2) is 8.42 Å². The molecule has 0 radical (unpaired) electrons. The van der Waals surface area contributed by atoms with E-state index in [1.165, 1.54) is 18.2 Å². The zero-order valence-electron chi connectivity index (χ0n) is 17.9. The molecule has 0 N–H and O–H groups in total. The van der Waals surface area contributed by atoms with Crippen LogP contribution in [0.3, 0.4) is 0 Å². The summed E-state index contributed by atoms with van der Waals surface area (Å²) >= 11 is 0. The molecule has 2 aromatic rings. The maximum atomic E-state index is 12.8. The summed E-state index contributed by atoms with van der Waals surface area (Å²) in [6.45, 7) is 4.03. The van der Waals surface area contributed by atoms with Gasteiger partial charge in [0.25, 0.3) is 17.5 Å². The van der Waals surface area contributed by atoms with Crippen LogP contribution in [0.15, 0.2) is 18.2 Å². The smallest absolute Gasteiger partial charge is 0.282 e. The van der Waals surface area contributed by atoms with E-state index in [2.05, 4.69) is 5.10 Å². The third-order valence-corrected chi connectivity index (χ3v) is 7.76. The van der Waals surface area contributed by atoms with Crippen molar-refractivity contribution in [3.05, 3.63) is 56.4 Å². The molecule has 1 unspecified atom stereocenters. The van der Waals surface area contributed by atoms with E-state index < -0.39 is 26.6 Å². The highest BCUT2D eigenvalue weighted by molar-refractivity contribution is 7.91. The second kappa shape index (κ2) is 7.78. The van der Waals surface area contributed by atoms with Crippen molar-refractivity contribution in [3.63, 3.8) is 0 Å². The zero-order valence-corrected chi connectivity index (χ0v) is 18.8. The predicted molar refractivity (Wildman–Crippen MR) is 114 cm³/mol. The number of nitrogens with zero attached hydrogens (tertiary/aromatic N) is 5. The molecule has 1 aromatic carbocycles. The third-order valence-electron chi connectivity index (χ3n) is 6.01. The first-order valence-electron chi connectivity index (χ1n) is 10.1. The van der Waals surface area contributed by atoms with Gasteiger partial charge in [-0.1, -0.05) is 6.07 Å². The van der Waals surface area contributed by atoms with Crippen LogP contribution in [0.4, 0.5) is 5.69 Å². The highest BCUT2D eigenvalue weighted by Crippen LogP contribution is 2.31. The summed E-state index contributed by atoms with van der Waals surface area (Å²) in [5.41, 5.74) is 1.94. The molecular formula is C20H23N5O6S. The number of fused-ring (bicyclic) bond motifs is 1. The second-order valence-electron chi connectivity index (χ2n) is 8.30. The second-order valence-corrected chi connectivity index (χ2v) is 10.5. The Morgan fingerprint density at radius 3 is 2.59 bits per heavy atom. The first-order chi connectivity index (χ1) is 15.0. The Hall–Kier alpha value is -3.12. The summed E-state index contributed by atoms with van der Waals surface area (Å²) in [4.78, 5) is 38.9. The summed E-state index contributed by atoms with van der Waals surface area (Å²) in [5, 5.41) is 15.8. The van der Waals surface area contributed by atoms with Crippen LogP contribution in [0.25, 0.3) is 0 Å². The fourth-order valence-corrected chi connectivity index (χ4v) is 6.10. The van der Waals surface area contributed by atoms with E-state index in [0.717, 1.165) is 21.9 Å². The quantitative estimate of drug-likeness (QED) is 0.358. The lowest BCUT2D eigenvalue weighted by molar-refractivity contribution is -0.385. The number of amides is 2. The number of nitro groups is 1. The molecule has 1 fully saturated rings. The first kappa shape index (κ1) is 22.1. The number of aromatic nitrogens is 2. The molecule has 1 atom stereocenters. The van der Waals surface area contributed by atoms with Crippen molar-refractivity contribution in [3.8, 4) is 0 Å². The fraction of sp³-hybridized carbons (Fsp3) is 0.450. The molecule has 2 aliphatic rings. The Morgan fingerprint density at radius 1 is 1.25 bits per heavy atom. The molecule has 2 amide bonds. The molecule has 4 rings (SSSR count). The van der Waals surface area contributed by atoms with E-state index in [-0.39, 0.29) is 41.0 Å². The van der Waals surface area contributed by atoms with E-state index in [1.54, 1.807) is 16.6 Å². The molecule has 11 nitrogen and oxygen atoms in total. The number of nitro benzene ring substituents is 1. The van der Waals surface area contributed by atoms with E-state index in [0.29, 0.717) is 13.0 Å². The Kier molecular flexibility index (Phi) is 5.37. The van der Waals surface area contributed by atoms with Crippen molar-refractivity contribution in [1.29, 1.82) is 0 Å². The normalized spacial score (nSPS) is 19.8. The highest BCUT2D eigenvalue weighted by atomic mass is 32.2. The Bertz CT molecular complexity index is 1250. The molecule has 1 aromatic heterocycles. The lowest BCUT2D eigenvalue weighted by atomic mass is 10.1. The average molecular weight is 462 g/mol. The first-order valence-corrected chi connectivity index (χ1v) is 11.9. The number of sulfone groups is 1.